The Morgan fingerprint density at radius 1 is 1.32 bits per heavy atom. The van der Waals surface area contributed by atoms with Gasteiger partial charge < -0.3 is 16.2 Å². The highest BCUT2D eigenvalue weighted by atomic mass is 16.3. The number of nitrogens with two attached hydrogens (primary N) is 1. The first-order valence-corrected chi connectivity index (χ1v) is 8.44. The number of unbranched alkanes of at least 4 members (excludes halogenated alkanes) is 2. The summed E-state index contributed by atoms with van der Waals surface area (Å²) in [5.74, 6) is 0.121. The molecule has 0 saturated heterocycles. The lowest BCUT2D eigenvalue weighted by Gasteiger charge is -2.07. The third-order valence-electron chi connectivity index (χ3n) is 3.65. The normalized spacial score (nSPS) is 11.0. The highest BCUT2D eigenvalue weighted by Gasteiger charge is 2.09. The summed E-state index contributed by atoms with van der Waals surface area (Å²) >= 11 is 0. The van der Waals surface area contributed by atoms with Crippen molar-refractivity contribution in [3.05, 3.63) is 47.8 Å². The van der Waals surface area contributed by atoms with Crippen LogP contribution in [0.4, 0.5) is 5.82 Å². The molecule has 1 heterocycles. The summed E-state index contributed by atoms with van der Waals surface area (Å²) in [6.07, 6.45) is 8.99. The number of nitrogens with zero attached hydrogens (tertiary/aromatic N) is 2. The molecule has 0 bridgehead atoms. The minimum absolute atomic E-state index is 0.0888. The van der Waals surface area contributed by atoms with E-state index in [-0.39, 0.29) is 19.1 Å². The quantitative estimate of drug-likeness (QED) is 0.641. The second-order valence-electron chi connectivity index (χ2n) is 5.63. The summed E-state index contributed by atoms with van der Waals surface area (Å²) in [5.41, 5.74) is 8.62. The number of amides is 1. The number of aromatic nitrogens is 2. The molecule has 6 heteroatoms. The maximum atomic E-state index is 11.9. The number of anilines is 1. The second kappa shape index (κ2) is 9.54. The van der Waals surface area contributed by atoms with Gasteiger partial charge in [-0.05, 0) is 24.6 Å². The maximum Gasteiger partial charge on any atom is 0.251 e. The van der Waals surface area contributed by atoms with E-state index >= 15 is 0 Å². The molecule has 6 nitrogen and oxygen atoms in total. The van der Waals surface area contributed by atoms with E-state index in [2.05, 4.69) is 28.3 Å². The van der Waals surface area contributed by atoms with Gasteiger partial charge in [0, 0.05) is 17.7 Å². The molecule has 0 spiro atoms. The Morgan fingerprint density at radius 3 is 2.76 bits per heavy atom. The molecule has 1 aromatic carbocycles. The Labute approximate surface area is 147 Å². The molecule has 0 unspecified atom stereocenters. The number of aliphatic hydroxyl groups is 1. The van der Waals surface area contributed by atoms with Crippen molar-refractivity contribution < 1.29 is 9.90 Å². The average Bonchev–Trinajstić information content (AvgIpc) is 2.64. The average molecular weight is 340 g/mol. The SMILES string of the molecule is CCCC/C=C/c1cnc(N)c(-c2ccc(C(=O)NCCO)cc2)n1. The summed E-state index contributed by atoms with van der Waals surface area (Å²) in [6, 6.07) is 6.98. The first-order valence-electron chi connectivity index (χ1n) is 8.44. The van der Waals surface area contributed by atoms with Gasteiger partial charge in [-0.25, -0.2) is 9.97 Å². The molecule has 0 aliphatic carbocycles. The Kier molecular flexibility index (Phi) is 7.10. The predicted molar refractivity (Wildman–Crippen MR) is 99.9 cm³/mol. The third-order valence-corrected chi connectivity index (χ3v) is 3.65. The van der Waals surface area contributed by atoms with Crippen molar-refractivity contribution in [2.75, 3.05) is 18.9 Å². The molecule has 0 saturated carbocycles. The van der Waals surface area contributed by atoms with Crippen molar-refractivity contribution >= 4 is 17.8 Å². The molecule has 0 aliphatic heterocycles. The summed E-state index contributed by atoms with van der Waals surface area (Å²) in [4.78, 5) is 20.6. The first kappa shape index (κ1) is 18.6. The number of carbonyl (C=O) groups is 1. The van der Waals surface area contributed by atoms with Crippen LogP contribution in [0.15, 0.2) is 36.5 Å². The summed E-state index contributed by atoms with van der Waals surface area (Å²) in [7, 11) is 0. The number of carbonyl (C=O) groups excluding carboxylic acids is 1. The van der Waals surface area contributed by atoms with E-state index in [9.17, 15) is 4.79 Å². The van der Waals surface area contributed by atoms with Crippen molar-refractivity contribution in [2.45, 2.75) is 26.2 Å². The third kappa shape index (κ3) is 5.39. The number of rotatable bonds is 8. The smallest absolute Gasteiger partial charge is 0.251 e. The largest absolute Gasteiger partial charge is 0.395 e. The molecule has 2 aromatic rings. The van der Waals surface area contributed by atoms with Gasteiger partial charge in [0.2, 0.25) is 0 Å². The lowest BCUT2D eigenvalue weighted by Crippen LogP contribution is -2.26. The number of hydrogen-bond acceptors (Lipinski definition) is 5. The van der Waals surface area contributed by atoms with Crippen molar-refractivity contribution in [3.8, 4) is 11.3 Å². The number of nitrogen functional groups attached to an aromatic ring is 1. The molecular formula is C19H24N4O2. The Hall–Kier alpha value is -2.73. The number of nitrogens with one attached hydrogen (secondary N) is 1. The van der Waals surface area contributed by atoms with Gasteiger partial charge in [0.1, 0.15) is 11.5 Å². The van der Waals surface area contributed by atoms with E-state index in [0.717, 1.165) is 30.5 Å². The van der Waals surface area contributed by atoms with Gasteiger partial charge >= 0.3 is 0 Å². The molecule has 4 N–H and O–H groups in total. The molecule has 2 rings (SSSR count). The maximum absolute atomic E-state index is 11.9. The Morgan fingerprint density at radius 2 is 2.08 bits per heavy atom. The minimum Gasteiger partial charge on any atom is -0.395 e. The number of benzene rings is 1. The van der Waals surface area contributed by atoms with Gasteiger partial charge in [0.25, 0.3) is 5.91 Å². The van der Waals surface area contributed by atoms with Gasteiger partial charge in [-0.2, -0.15) is 0 Å². The summed E-state index contributed by atoms with van der Waals surface area (Å²) in [5, 5.41) is 11.4. The van der Waals surface area contributed by atoms with Crippen LogP contribution in [0.25, 0.3) is 17.3 Å². The fourth-order valence-electron chi connectivity index (χ4n) is 2.28. The van der Waals surface area contributed by atoms with Gasteiger partial charge in [0.15, 0.2) is 0 Å². The highest BCUT2D eigenvalue weighted by Crippen LogP contribution is 2.23. The molecule has 132 valence electrons. The molecule has 1 aromatic heterocycles. The fourth-order valence-corrected chi connectivity index (χ4v) is 2.28. The van der Waals surface area contributed by atoms with E-state index < -0.39 is 0 Å². The van der Waals surface area contributed by atoms with E-state index in [1.54, 1.807) is 30.5 Å². The molecular weight excluding hydrogens is 316 g/mol. The van der Waals surface area contributed by atoms with Crippen molar-refractivity contribution in [2.24, 2.45) is 0 Å². The van der Waals surface area contributed by atoms with Crippen LogP contribution in [0.1, 0.15) is 42.2 Å². The topological polar surface area (TPSA) is 101 Å². The van der Waals surface area contributed by atoms with E-state index in [1.165, 1.54) is 0 Å². The van der Waals surface area contributed by atoms with Gasteiger partial charge in [-0.15, -0.1) is 0 Å². The second-order valence-corrected chi connectivity index (χ2v) is 5.63. The van der Waals surface area contributed by atoms with Crippen LogP contribution in [0, 0.1) is 0 Å². The van der Waals surface area contributed by atoms with Gasteiger partial charge in [-0.1, -0.05) is 38.0 Å². The zero-order chi connectivity index (χ0) is 18.1. The molecule has 0 fully saturated rings. The van der Waals surface area contributed by atoms with E-state index in [1.807, 2.05) is 6.08 Å². The van der Waals surface area contributed by atoms with Crippen molar-refractivity contribution in [1.29, 1.82) is 0 Å². The van der Waals surface area contributed by atoms with Crippen molar-refractivity contribution in [1.82, 2.24) is 15.3 Å². The zero-order valence-corrected chi connectivity index (χ0v) is 14.4. The first-order chi connectivity index (χ1) is 12.2. The molecule has 25 heavy (non-hydrogen) atoms. The number of aliphatic hydroxyl groups excluding tert-OH is 1. The monoisotopic (exact) mass is 340 g/mol. The minimum atomic E-state index is -0.229. The van der Waals surface area contributed by atoms with Crippen LogP contribution < -0.4 is 11.1 Å². The van der Waals surface area contributed by atoms with Crippen LogP contribution in [0.3, 0.4) is 0 Å². The Balaban J connectivity index is 2.17. The molecule has 1 amide bonds. The predicted octanol–water partition coefficient (Wildman–Crippen LogP) is 2.65. The van der Waals surface area contributed by atoms with Crippen LogP contribution in [-0.2, 0) is 0 Å². The lowest BCUT2D eigenvalue weighted by atomic mass is 10.1. The summed E-state index contributed by atoms with van der Waals surface area (Å²) < 4.78 is 0. The molecule has 0 radical (unpaired) electrons. The fraction of sp³-hybridized carbons (Fsp3) is 0.316. The van der Waals surface area contributed by atoms with E-state index in [4.69, 9.17) is 10.8 Å². The van der Waals surface area contributed by atoms with Crippen LogP contribution >= 0.6 is 0 Å². The highest BCUT2D eigenvalue weighted by molar-refractivity contribution is 5.94. The molecule has 0 aliphatic rings. The van der Waals surface area contributed by atoms with Gasteiger partial charge in [0.05, 0.1) is 18.5 Å². The standard InChI is InChI=1S/C19H24N4O2/c1-2-3-4-5-6-16-13-22-18(20)17(23-16)14-7-9-15(10-8-14)19(25)21-11-12-24/h5-10,13,24H,2-4,11-12H2,1H3,(H2,20,22)(H,21,25)/b6-5+. The molecule has 0 atom stereocenters. The number of allylic oxidation sites excluding steroid dienone is 1. The number of hydrogen-bond donors (Lipinski definition) is 3. The van der Waals surface area contributed by atoms with Crippen LogP contribution in [0.5, 0.6) is 0 Å². The Bertz CT molecular complexity index is 727. The van der Waals surface area contributed by atoms with Crippen LogP contribution in [0.2, 0.25) is 0 Å². The van der Waals surface area contributed by atoms with Crippen molar-refractivity contribution in [3.63, 3.8) is 0 Å². The van der Waals surface area contributed by atoms with Gasteiger partial charge in [-0.3, -0.25) is 4.79 Å². The zero-order valence-electron chi connectivity index (χ0n) is 14.4. The summed E-state index contributed by atoms with van der Waals surface area (Å²) in [6.45, 7) is 2.29. The van der Waals surface area contributed by atoms with E-state index in [0.29, 0.717) is 17.1 Å². The lowest BCUT2D eigenvalue weighted by molar-refractivity contribution is 0.0945. The van der Waals surface area contributed by atoms with Crippen LogP contribution in [-0.4, -0.2) is 34.1 Å².